The molecule has 2 amide bonds. The van der Waals surface area contributed by atoms with E-state index in [-0.39, 0.29) is 11.8 Å². The first-order valence-corrected chi connectivity index (χ1v) is 7.60. The number of aromatic nitrogens is 4. The molecule has 0 aliphatic carbocycles. The van der Waals surface area contributed by atoms with Gasteiger partial charge < -0.3 is 10.6 Å². The summed E-state index contributed by atoms with van der Waals surface area (Å²) in [6, 6.07) is 14.1. The first-order chi connectivity index (χ1) is 12.2. The summed E-state index contributed by atoms with van der Waals surface area (Å²) in [5.41, 5.74) is 2.69. The number of tetrazole rings is 1. The second kappa shape index (κ2) is 7.35. The van der Waals surface area contributed by atoms with Crippen LogP contribution in [0, 0.1) is 0 Å². The van der Waals surface area contributed by atoms with Gasteiger partial charge in [-0.1, -0.05) is 18.2 Å². The molecule has 0 atom stereocenters. The van der Waals surface area contributed by atoms with Crippen molar-refractivity contribution in [3.63, 3.8) is 0 Å². The quantitative estimate of drug-likeness (QED) is 0.722. The molecule has 0 aliphatic heterocycles. The highest BCUT2D eigenvalue weighted by Crippen LogP contribution is 2.09. The number of carbonyl (C=O) groups is 2. The summed E-state index contributed by atoms with van der Waals surface area (Å²) in [5, 5.41) is 16.4. The monoisotopic (exact) mass is 336 g/mol. The van der Waals surface area contributed by atoms with E-state index in [1.165, 1.54) is 11.0 Å². The zero-order chi connectivity index (χ0) is 17.6. The summed E-state index contributed by atoms with van der Waals surface area (Å²) < 4.78 is 1.48. The van der Waals surface area contributed by atoms with Crippen LogP contribution in [0.2, 0.25) is 0 Å². The lowest BCUT2D eigenvalue weighted by Crippen LogP contribution is -2.23. The summed E-state index contributed by atoms with van der Waals surface area (Å²) in [5.74, 6) is -0.347. The van der Waals surface area contributed by atoms with Crippen LogP contribution in [-0.2, 0) is 6.54 Å². The van der Waals surface area contributed by atoms with Crippen LogP contribution in [0.25, 0.3) is 5.69 Å². The Balaban J connectivity index is 1.65. The van der Waals surface area contributed by atoms with Gasteiger partial charge in [-0.2, -0.15) is 0 Å². The van der Waals surface area contributed by atoms with Crippen molar-refractivity contribution in [3.8, 4) is 5.69 Å². The Morgan fingerprint density at radius 3 is 2.52 bits per heavy atom. The van der Waals surface area contributed by atoms with Crippen LogP contribution in [0.4, 0.5) is 0 Å². The number of hydrogen-bond acceptors (Lipinski definition) is 5. The van der Waals surface area contributed by atoms with E-state index < -0.39 is 0 Å². The zero-order valence-corrected chi connectivity index (χ0v) is 13.5. The summed E-state index contributed by atoms with van der Waals surface area (Å²) in [6.45, 7) is 0.363. The molecule has 3 rings (SSSR count). The lowest BCUT2D eigenvalue weighted by molar-refractivity contribution is 0.0946. The minimum Gasteiger partial charge on any atom is -0.355 e. The number of amides is 2. The molecule has 8 heteroatoms. The maximum atomic E-state index is 12.3. The minimum absolute atomic E-state index is 0.144. The fourth-order valence-corrected chi connectivity index (χ4v) is 2.27. The largest absolute Gasteiger partial charge is 0.355 e. The molecule has 0 aliphatic rings. The topological polar surface area (TPSA) is 102 Å². The van der Waals surface area contributed by atoms with Crippen molar-refractivity contribution in [2.75, 3.05) is 7.05 Å². The molecule has 2 aromatic carbocycles. The Labute approximate surface area is 143 Å². The van der Waals surface area contributed by atoms with Crippen LogP contribution in [0.1, 0.15) is 26.3 Å². The summed E-state index contributed by atoms with van der Waals surface area (Å²) >= 11 is 0. The van der Waals surface area contributed by atoms with Crippen LogP contribution >= 0.6 is 0 Å². The number of nitrogens with one attached hydrogen (secondary N) is 2. The van der Waals surface area contributed by atoms with Gasteiger partial charge in [-0.25, -0.2) is 4.68 Å². The third-order valence-electron chi connectivity index (χ3n) is 3.62. The van der Waals surface area contributed by atoms with E-state index >= 15 is 0 Å². The van der Waals surface area contributed by atoms with Crippen molar-refractivity contribution in [1.82, 2.24) is 30.8 Å². The Hall–Kier alpha value is -3.55. The number of rotatable bonds is 5. The Morgan fingerprint density at radius 1 is 1.04 bits per heavy atom. The van der Waals surface area contributed by atoms with Crippen molar-refractivity contribution in [1.29, 1.82) is 0 Å². The average molecular weight is 336 g/mol. The molecule has 1 aromatic heterocycles. The lowest BCUT2D eigenvalue weighted by atomic mass is 10.1. The van der Waals surface area contributed by atoms with Gasteiger partial charge in [0.05, 0.1) is 5.69 Å². The molecule has 1 heterocycles. The van der Waals surface area contributed by atoms with E-state index in [1.807, 2.05) is 18.2 Å². The van der Waals surface area contributed by atoms with Crippen LogP contribution in [-0.4, -0.2) is 39.1 Å². The SMILES string of the molecule is CNC(=O)c1ccc(CNC(=O)c2cccc(-n3cnnn3)c2)cc1. The van der Waals surface area contributed by atoms with Gasteiger partial charge in [0.15, 0.2) is 0 Å². The third kappa shape index (κ3) is 3.86. The van der Waals surface area contributed by atoms with Gasteiger partial charge in [-0.15, -0.1) is 5.10 Å². The predicted molar refractivity (Wildman–Crippen MR) is 90.2 cm³/mol. The average Bonchev–Trinajstić information content (AvgIpc) is 3.21. The molecule has 0 spiro atoms. The minimum atomic E-state index is -0.203. The van der Waals surface area contributed by atoms with E-state index in [0.29, 0.717) is 23.4 Å². The van der Waals surface area contributed by atoms with Gasteiger partial charge in [0.2, 0.25) is 0 Å². The fraction of sp³-hybridized carbons (Fsp3) is 0.118. The summed E-state index contributed by atoms with van der Waals surface area (Å²) in [7, 11) is 1.58. The molecule has 0 unspecified atom stereocenters. The molecule has 0 saturated carbocycles. The molecule has 2 N–H and O–H groups in total. The molecule has 8 nitrogen and oxygen atoms in total. The molecule has 0 bridgehead atoms. The van der Waals surface area contributed by atoms with E-state index in [1.54, 1.807) is 37.4 Å². The maximum Gasteiger partial charge on any atom is 0.251 e. The Morgan fingerprint density at radius 2 is 1.84 bits per heavy atom. The van der Waals surface area contributed by atoms with Crippen molar-refractivity contribution < 1.29 is 9.59 Å². The Bertz CT molecular complexity index is 874. The van der Waals surface area contributed by atoms with Crippen LogP contribution in [0.15, 0.2) is 54.9 Å². The van der Waals surface area contributed by atoms with Crippen molar-refractivity contribution >= 4 is 11.8 Å². The van der Waals surface area contributed by atoms with Crippen LogP contribution < -0.4 is 10.6 Å². The highest BCUT2D eigenvalue weighted by Gasteiger charge is 2.08. The van der Waals surface area contributed by atoms with E-state index in [4.69, 9.17) is 0 Å². The predicted octanol–water partition coefficient (Wildman–Crippen LogP) is 0.952. The second-order valence-electron chi connectivity index (χ2n) is 5.26. The number of hydrogen-bond donors (Lipinski definition) is 2. The third-order valence-corrected chi connectivity index (χ3v) is 3.62. The normalized spacial score (nSPS) is 10.3. The van der Waals surface area contributed by atoms with Gasteiger partial charge in [0.25, 0.3) is 11.8 Å². The number of nitrogens with zero attached hydrogens (tertiary/aromatic N) is 4. The van der Waals surface area contributed by atoms with Gasteiger partial charge in [-0.3, -0.25) is 9.59 Å². The molecule has 0 saturated heterocycles. The fourth-order valence-electron chi connectivity index (χ4n) is 2.27. The summed E-state index contributed by atoms with van der Waals surface area (Å²) in [6.07, 6.45) is 1.46. The van der Waals surface area contributed by atoms with Gasteiger partial charge in [-0.05, 0) is 46.3 Å². The number of carbonyl (C=O) groups excluding carboxylic acids is 2. The zero-order valence-electron chi connectivity index (χ0n) is 13.5. The van der Waals surface area contributed by atoms with Crippen LogP contribution in [0.3, 0.4) is 0 Å². The van der Waals surface area contributed by atoms with E-state index in [9.17, 15) is 9.59 Å². The molecular weight excluding hydrogens is 320 g/mol. The highest BCUT2D eigenvalue weighted by atomic mass is 16.2. The van der Waals surface area contributed by atoms with Crippen molar-refractivity contribution in [3.05, 3.63) is 71.5 Å². The van der Waals surface area contributed by atoms with Crippen LogP contribution in [0.5, 0.6) is 0 Å². The standard InChI is InChI=1S/C17H16N6O2/c1-18-16(24)13-7-5-12(6-8-13)10-19-17(25)14-3-2-4-15(9-14)23-11-20-21-22-23/h2-9,11H,10H2,1H3,(H,18,24)(H,19,25). The molecule has 3 aromatic rings. The first kappa shape index (κ1) is 16.3. The smallest absolute Gasteiger partial charge is 0.251 e. The van der Waals surface area contributed by atoms with Gasteiger partial charge in [0, 0.05) is 24.7 Å². The molecule has 126 valence electrons. The number of benzene rings is 2. The highest BCUT2D eigenvalue weighted by molar-refractivity contribution is 5.95. The van der Waals surface area contributed by atoms with Crippen molar-refractivity contribution in [2.45, 2.75) is 6.54 Å². The molecule has 25 heavy (non-hydrogen) atoms. The molecule has 0 radical (unpaired) electrons. The van der Waals surface area contributed by atoms with Gasteiger partial charge in [0.1, 0.15) is 6.33 Å². The molecular formula is C17H16N6O2. The van der Waals surface area contributed by atoms with E-state index in [0.717, 1.165) is 5.56 Å². The molecule has 0 fully saturated rings. The first-order valence-electron chi connectivity index (χ1n) is 7.60. The summed E-state index contributed by atoms with van der Waals surface area (Å²) in [4.78, 5) is 23.8. The van der Waals surface area contributed by atoms with Gasteiger partial charge >= 0.3 is 0 Å². The van der Waals surface area contributed by atoms with E-state index in [2.05, 4.69) is 26.2 Å². The second-order valence-corrected chi connectivity index (χ2v) is 5.26. The lowest BCUT2D eigenvalue weighted by Gasteiger charge is -2.07. The Kier molecular flexibility index (Phi) is 4.79. The maximum absolute atomic E-state index is 12.3. The van der Waals surface area contributed by atoms with Crippen molar-refractivity contribution in [2.24, 2.45) is 0 Å².